The fraction of sp³-hybridized carbons (Fsp3) is 0.250. The maximum atomic E-state index is 13.0. The standard InChI is InChI=1S/C8H9F3N2/c1-4(13-12)5-2-3-6(9)8(11)7(5)10/h2-4,13H,12H2,1H3/t4-/m0/s1. The molecular formula is C8H9F3N2. The topological polar surface area (TPSA) is 38.0 Å². The van der Waals surface area contributed by atoms with Crippen LogP contribution in [0.3, 0.4) is 0 Å². The predicted octanol–water partition coefficient (Wildman–Crippen LogP) is 1.63. The Kier molecular flexibility index (Phi) is 2.90. The molecule has 72 valence electrons. The molecule has 1 aromatic carbocycles. The van der Waals surface area contributed by atoms with E-state index in [2.05, 4.69) is 5.43 Å². The van der Waals surface area contributed by atoms with E-state index in [-0.39, 0.29) is 5.56 Å². The van der Waals surface area contributed by atoms with Crippen molar-refractivity contribution in [2.24, 2.45) is 5.84 Å². The summed E-state index contributed by atoms with van der Waals surface area (Å²) in [6.07, 6.45) is 0. The van der Waals surface area contributed by atoms with Crippen LogP contribution >= 0.6 is 0 Å². The van der Waals surface area contributed by atoms with Gasteiger partial charge >= 0.3 is 0 Å². The SMILES string of the molecule is C[C@H](NN)c1ccc(F)c(F)c1F. The number of nitrogens with two attached hydrogens (primary N) is 1. The zero-order chi connectivity index (χ0) is 10.0. The first-order valence-corrected chi connectivity index (χ1v) is 3.67. The molecule has 5 heteroatoms. The van der Waals surface area contributed by atoms with E-state index in [0.29, 0.717) is 0 Å². The summed E-state index contributed by atoms with van der Waals surface area (Å²) in [5.41, 5.74) is 2.24. The van der Waals surface area contributed by atoms with E-state index in [1.165, 1.54) is 6.92 Å². The monoisotopic (exact) mass is 190 g/mol. The number of hydrazine groups is 1. The van der Waals surface area contributed by atoms with Gasteiger partial charge in [-0.2, -0.15) is 0 Å². The first kappa shape index (κ1) is 10.0. The molecule has 0 heterocycles. The van der Waals surface area contributed by atoms with E-state index in [4.69, 9.17) is 5.84 Å². The highest BCUT2D eigenvalue weighted by Crippen LogP contribution is 2.20. The van der Waals surface area contributed by atoms with Gasteiger partial charge in [-0.3, -0.25) is 11.3 Å². The van der Waals surface area contributed by atoms with Gasteiger partial charge in [0.15, 0.2) is 17.5 Å². The maximum absolute atomic E-state index is 13.0. The summed E-state index contributed by atoms with van der Waals surface area (Å²) in [6.45, 7) is 1.54. The largest absolute Gasteiger partial charge is 0.271 e. The van der Waals surface area contributed by atoms with Crippen molar-refractivity contribution in [3.63, 3.8) is 0 Å². The highest BCUT2D eigenvalue weighted by Gasteiger charge is 2.16. The summed E-state index contributed by atoms with van der Waals surface area (Å²) in [4.78, 5) is 0. The van der Waals surface area contributed by atoms with Crippen molar-refractivity contribution in [3.8, 4) is 0 Å². The minimum absolute atomic E-state index is 0.00130. The third kappa shape index (κ3) is 1.81. The molecule has 1 aromatic rings. The van der Waals surface area contributed by atoms with Crippen molar-refractivity contribution in [2.45, 2.75) is 13.0 Å². The van der Waals surface area contributed by atoms with E-state index in [1.807, 2.05) is 0 Å². The van der Waals surface area contributed by atoms with Gasteiger partial charge in [0.25, 0.3) is 0 Å². The first-order valence-electron chi connectivity index (χ1n) is 3.67. The fourth-order valence-corrected chi connectivity index (χ4v) is 0.965. The van der Waals surface area contributed by atoms with Gasteiger partial charge in [-0.15, -0.1) is 0 Å². The van der Waals surface area contributed by atoms with E-state index >= 15 is 0 Å². The van der Waals surface area contributed by atoms with E-state index < -0.39 is 23.5 Å². The lowest BCUT2D eigenvalue weighted by Crippen LogP contribution is -2.26. The van der Waals surface area contributed by atoms with Gasteiger partial charge in [-0.05, 0) is 13.0 Å². The maximum Gasteiger partial charge on any atom is 0.194 e. The predicted molar refractivity (Wildman–Crippen MR) is 42.1 cm³/mol. The van der Waals surface area contributed by atoms with Gasteiger partial charge < -0.3 is 0 Å². The second kappa shape index (κ2) is 3.76. The van der Waals surface area contributed by atoms with Crippen LogP contribution in [0, 0.1) is 17.5 Å². The summed E-state index contributed by atoms with van der Waals surface area (Å²) in [7, 11) is 0. The molecule has 0 bridgehead atoms. The first-order chi connectivity index (χ1) is 6.07. The Morgan fingerprint density at radius 1 is 1.23 bits per heavy atom. The fourth-order valence-electron chi connectivity index (χ4n) is 0.965. The third-order valence-corrected chi connectivity index (χ3v) is 1.78. The van der Waals surface area contributed by atoms with Gasteiger partial charge in [0, 0.05) is 11.6 Å². The van der Waals surface area contributed by atoms with Crippen LogP contribution in [0.5, 0.6) is 0 Å². The zero-order valence-electron chi connectivity index (χ0n) is 6.94. The van der Waals surface area contributed by atoms with E-state index in [1.54, 1.807) is 0 Å². The Bertz CT molecular complexity index is 315. The van der Waals surface area contributed by atoms with E-state index in [9.17, 15) is 13.2 Å². The summed E-state index contributed by atoms with van der Waals surface area (Å²) < 4.78 is 38.1. The second-order valence-electron chi connectivity index (χ2n) is 2.65. The highest BCUT2D eigenvalue weighted by molar-refractivity contribution is 5.22. The van der Waals surface area contributed by atoms with Crippen LogP contribution in [0.2, 0.25) is 0 Å². The molecule has 13 heavy (non-hydrogen) atoms. The van der Waals surface area contributed by atoms with Crippen LogP contribution in [0.25, 0.3) is 0 Å². The van der Waals surface area contributed by atoms with Gasteiger partial charge in [-0.1, -0.05) is 6.07 Å². The molecule has 1 atom stereocenters. The van der Waals surface area contributed by atoms with Gasteiger partial charge in [0.1, 0.15) is 0 Å². The molecule has 0 unspecified atom stereocenters. The summed E-state index contributed by atoms with van der Waals surface area (Å²) in [6, 6.07) is 1.45. The van der Waals surface area contributed by atoms with Gasteiger partial charge in [-0.25, -0.2) is 13.2 Å². The van der Waals surface area contributed by atoms with Crippen LogP contribution in [0.4, 0.5) is 13.2 Å². The molecular weight excluding hydrogens is 181 g/mol. The van der Waals surface area contributed by atoms with E-state index in [0.717, 1.165) is 12.1 Å². The zero-order valence-corrected chi connectivity index (χ0v) is 6.94. The molecule has 0 saturated heterocycles. The molecule has 0 aliphatic rings. The molecule has 0 spiro atoms. The number of hydrogen-bond donors (Lipinski definition) is 2. The molecule has 0 saturated carbocycles. The lowest BCUT2D eigenvalue weighted by atomic mass is 10.1. The smallest absolute Gasteiger partial charge is 0.194 e. The van der Waals surface area contributed by atoms with Crippen LogP contribution in [-0.2, 0) is 0 Å². The number of rotatable bonds is 2. The Balaban J connectivity index is 3.18. The average Bonchev–Trinajstić information content (AvgIpc) is 2.13. The Morgan fingerprint density at radius 3 is 2.38 bits per heavy atom. The van der Waals surface area contributed by atoms with Crippen molar-refractivity contribution < 1.29 is 13.2 Å². The Hall–Kier alpha value is -1.07. The van der Waals surface area contributed by atoms with Crippen molar-refractivity contribution in [1.82, 2.24) is 5.43 Å². The second-order valence-corrected chi connectivity index (χ2v) is 2.65. The van der Waals surface area contributed by atoms with Crippen LogP contribution < -0.4 is 11.3 Å². The molecule has 0 aromatic heterocycles. The molecule has 3 N–H and O–H groups in total. The summed E-state index contributed by atoms with van der Waals surface area (Å²) in [5, 5.41) is 0. The minimum Gasteiger partial charge on any atom is -0.271 e. The van der Waals surface area contributed by atoms with Crippen molar-refractivity contribution in [3.05, 3.63) is 35.1 Å². The molecule has 0 aliphatic heterocycles. The normalized spacial score (nSPS) is 13.0. The lowest BCUT2D eigenvalue weighted by molar-refractivity contribution is 0.430. The number of hydrogen-bond acceptors (Lipinski definition) is 2. The van der Waals surface area contributed by atoms with Gasteiger partial charge in [0.2, 0.25) is 0 Å². The van der Waals surface area contributed by atoms with Gasteiger partial charge in [0.05, 0.1) is 0 Å². The molecule has 0 radical (unpaired) electrons. The summed E-state index contributed by atoms with van der Waals surface area (Å²) in [5.74, 6) is 1.15. The summed E-state index contributed by atoms with van der Waals surface area (Å²) >= 11 is 0. The van der Waals surface area contributed by atoms with Crippen molar-refractivity contribution >= 4 is 0 Å². The number of nitrogens with one attached hydrogen (secondary N) is 1. The molecule has 2 nitrogen and oxygen atoms in total. The minimum atomic E-state index is -1.47. The average molecular weight is 190 g/mol. The number of benzene rings is 1. The molecule has 0 amide bonds. The lowest BCUT2D eigenvalue weighted by Gasteiger charge is -2.11. The van der Waals surface area contributed by atoms with Crippen molar-refractivity contribution in [1.29, 1.82) is 0 Å². The highest BCUT2D eigenvalue weighted by atomic mass is 19.2. The van der Waals surface area contributed by atoms with Crippen LogP contribution in [0.15, 0.2) is 12.1 Å². The Morgan fingerprint density at radius 2 is 1.85 bits per heavy atom. The van der Waals surface area contributed by atoms with Crippen LogP contribution in [-0.4, -0.2) is 0 Å². The molecule has 0 aliphatic carbocycles. The van der Waals surface area contributed by atoms with Crippen LogP contribution in [0.1, 0.15) is 18.5 Å². The molecule has 0 fully saturated rings. The number of halogens is 3. The quantitative estimate of drug-likeness (QED) is 0.422. The Labute approximate surface area is 73.5 Å². The van der Waals surface area contributed by atoms with Crippen molar-refractivity contribution in [2.75, 3.05) is 0 Å². The third-order valence-electron chi connectivity index (χ3n) is 1.78. The molecule has 1 rings (SSSR count).